The van der Waals surface area contributed by atoms with E-state index < -0.39 is 27.4 Å². The average Bonchev–Trinajstić information content (AvgIpc) is 3.40. The maximum absolute atomic E-state index is 13.7. The highest BCUT2D eigenvalue weighted by Gasteiger charge is 2.40. The fourth-order valence-corrected chi connectivity index (χ4v) is 6.65. The second-order valence-electron chi connectivity index (χ2n) is 8.88. The maximum Gasteiger partial charge on any atom is 0.273 e. The summed E-state index contributed by atoms with van der Waals surface area (Å²) in [6.07, 6.45) is 4.21. The lowest BCUT2D eigenvalue weighted by molar-refractivity contribution is -0.385. The zero-order chi connectivity index (χ0) is 24.6. The van der Waals surface area contributed by atoms with E-state index in [0.29, 0.717) is 17.4 Å². The molecule has 1 amide bonds. The quantitative estimate of drug-likeness (QED) is 0.425. The van der Waals surface area contributed by atoms with Gasteiger partial charge < -0.3 is 10.1 Å². The van der Waals surface area contributed by atoms with E-state index in [2.05, 4.69) is 5.32 Å². The molecule has 11 heteroatoms. The normalized spacial score (nSPS) is 21.3. The Balaban J connectivity index is 1.72. The maximum atomic E-state index is 13.7. The lowest BCUT2D eigenvalue weighted by Crippen LogP contribution is -2.46. The van der Waals surface area contributed by atoms with Crippen LogP contribution in [0.5, 0.6) is 5.75 Å². The van der Waals surface area contributed by atoms with E-state index in [1.807, 2.05) is 0 Å². The molecule has 0 aromatic heterocycles. The summed E-state index contributed by atoms with van der Waals surface area (Å²) in [5.41, 5.74) is 0.0664. The predicted molar refractivity (Wildman–Crippen MR) is 128 cm³/mol. The molecule has 2 aromatic rings. The number of ether oxygens (including phenoxy) is 1. The van der Waals surface area contributed by atoms with Gasteiger partial charge in [-0.25, -0.2) is 8.42 Å². The molecule has 2 aliphatic rings. The SMILES string of the molecule is COc1ccc(Cl)cc1N(CC(=O)N[C@H]1C[C@H]2CC[C@H]1C2)S(=O)(=O)c1ccc(C)c([N+](=O)[O-])c1. The third kappa shape index (κ3) is 4.69. The number of aryl methyl sites for hydroxylation is 1. The van der Waals surface area contributed by atoms with E-state index >= 15 is 0 Å². The minimum absolute atomic E-state index is 0.0255. The molecule has 0 radical (unpaired) electrons. The number of sulfonamides is 1. The molecule has 34 heavy (non-hydrogen) atoms. The van der Waals surface area contributed by atoms with Crippen LogP contribution in [0, 0.1) is 28.9 Å². The number of hydrogen-bond acceptors (Lipinski definition) is 6. The first-order valence-corrected chi connectivity index (χ1v) is 12.8. The van der Waals surface area contributed by atoms with Gasteiger partial charge in [0.25, 0.3) is 15.7 Å². The van der Waals surface area contributed by atoms with Crippen LogP contribution in [-0.2, 0) is 14.8 Å². The summed E-state index contributed by atoms with van der Waals surface area (Å²) in [7, 11) is -3.01. The fourth-order valence-electron chi connectivity index (χ4n) is 5.04. The lowest BCUT2D eigenvalue weighted by atomic mass is 9.95. The zero-order valence-electron chi connectivity index (χ0n) is 18.9. The van der Waals surface area contributed by atoms with Crippen molar-refractivity contribution in [2.75, 3.05) is 18.0 Å². The number of nitro benzene ring substituents is 1. The van der Waals surface area contributed by atoms with Crippen molar-refractivity contribution in [1.82, 2.24) is 5.32 Å². The van der Waals surface area contributed by atoms with Gasteiger partial charge in [0.05, 0.1) is 22.6 Å². The molecule has 1 N–H and O–H groups in total. The van der Waals surface area contributed by atoms with Crippen molar-refractivity contribution < 1.29 is 22.9 Å². The fraction of sp³-hybridized carbons (Fsp3) is 0.435. The van der Waals surface area contributed by atoms with Crippen molar-refractivity contribution >= 4 is 38.9 Å². The van der Waals surface area contributed by atoms with Crippen molar-refractivity contribution in [2.45, 2.75) is 43.5 Å². The summed E-state index contributed by atoms with van der Waals surface area (Å²) < 4.78 is 33.7. The predicted octanol–water partition coefficient (Wildman–Crippen LogP) is 4.07. The first kappa shape index (κ1) is 24.3. The number of methoxy groups -OCH3 is 1. The number of anilines is 1. The van der Waals surface area contributed by atoms with Crippen LogP contribution in [0.25, 0.3) is 0 Å². The monoisotopic (exact) mass is 507 g/mol. The summed E-state index contributed by atoms with van der Waals surface area (Å²) in [6.45, 7) is 1.00. The number of nitrogens with zero attached hydrogens (tertiary/aromatic N) is 2. The van der Waals surface area contributed by atoms with Crippen molar-refractivity contribution in [1.29, 1.82) is 0 Å². The van der Waals surface area contributed by atoms with Crippen molar-refractivity contribution in [3.8, 4) is 5.75 Å². The number of rotatable bonds is 8. The molecule has 0 heterocycles. The van der Waals surface area contributed by atoms with Gasteiger partial charge in [-0.05, 0) is 62.3 Å². The number of carbonyl (C=O) groups excluding carboxylic acids is 1. The van der Waals surface area contributed by atoms with Crippen LogP contribution >= 0.6 is 11.6 Å². The lowest BCUT2D eigenvalue weighted by Gasteiger charge is -2.28. The molecule has 3 atom stereocenters. The summed E-state index contributed by atoms with van der Waals surface area (Å²) in [6, 6.07) is 8.13. The Morgan fingerprint density at radius 3 is 2.62 bits per heavy atom. The van der Waals surface area contributed by atoms with Crippen LogP contribution in [0.15, 0.2) is 41.3 Å². The highest BCUT2D eigenvalue weighted by Crippen LogP contribution is 2.44. The Kier molecular flexibility index (Phi) is 6.73. The van der Waals surface area contributed by atoms with Crippen LogP contribution in [0.3, 0.4) is 0 Å². The highest BCUT2D eigenvalue weighted by molar-refractivity contribution is 7.92. The summed E-state index contributed by atoms with van der Waals surface area (Å²) in [5.74, 6) is 0.766. The van der Waals surface area contributed by atoms with Crippen molar-refractivity contribution in [3.05, 3.63) is 57.1 Å². The minimum atomic E-state index is -4.39. The average molecular weight is 508 g/mol. The van der Waals surface area contributed by atoms with Crippen molar-refractivity contribution in [3.63, 3.8) is 0 Å². The van der Waals surface area contributed by atoms with Crippen LogP contribution in [0.4, 0.5) is 11.4 Å². The number of hydrogen-bond donors (Lipinski definition) is 1. The van der Waals surface area contributed by atoms with E-state index in [1.54, 1.807) is 6.07 Å². The second-order valence-corrected chi connectivity index (χ2v) is 11.2. The molecule has 0 unspecified atom stereocenters. The molecule has 182 valence electrons. The molecule has 4 rings (SSSR count). The van der Waals surface area contributed by atoms with Gasteiger partial charge in [-0.2, -0.15) is 0 Å². The van der Waals surface area contributed by atoms with Crippen LogP contribution in [-0.4, -0.2) is 38.9 Å². The number of nitro groups is 1. The van der Waals surface area contributed by atoms with Crippen LogP contribution in [0.1, 0.15) is 31.2 Å². The third-order valence-electron chi connectivity index (χ3n) is 6.75. The van der Waals surface area contributed by atoms with E-state index in [9.17, 15) is 23.3 Å². The molecule has 0 aliphatic heterocycles. The van der Waals surface area contributed by atoms with Gasteiger partial charge in [0.1, 0.15) is 12.3 Å². The largest absolute Gasteiger partial charge is 0.495 e. The molecule has 2 aromatic carbocycles. The smallest absolute Gasteiger partial charge is 0.273 e. The van der Waals surface area contributed by atoms with Gasteiger partial charge in [0.15, 0.2) is 0 Å². The highest BCUT2D eigenvalue weighted by atomic mass is 35.5. The zero-order valence-corrected chi connectivity index (χ0v) is 20.4. The number of halogens is 1. The Morgan fingerprint density at radius 1 is 1.24 bits per heavy atom. The van der Waals surface area contributed by atoms with E-state index in [1.165, 1.54) is 44.7 Å². The van der Waals surface area contributed by atoms with Gasteiger partial charge in [-0.3, -0.25) is 19.2 Å². The first-order chi connectivity index (χ1) is 16.1. The summed E-state index contributed by atoms with van der Waals surface area (Å²) in [5, 5.41) is 14.7. The molecule has 2 aliphatic carbocycles. The Morgan fingerprint density at radius 2 is 2.00 bits per heavy atom. The molecular weight excluding hydrogens is 482 g/mol. The minimum Gasteiger partial charge on any atom is -0.495 e. The van der Waals surface area contributed by atoms with Crippen LogP contribution < -0.4 is 14.4 Å². The molecule has 2 bridgehead atoms. The van der Waals surface area contributed by atoms with Crippen molar-refractivity contribution in [2.24, 2.45) is 11.8 Å². The number of fused-ring (bicyclic) bond motifs is 2. The van der Waals surface area contributed by atoms with Gasteiger partial charge in [-0.1, -0.05) is 24.1 Å². The van der Waals surface area contributed by atoms with Gasteiger partial charge >= 0.3 is 0 Å². The number of nitrogens with one attached hydrogen (secondary N) is 1. The summed E-state index contributed by atoms with van der Waals surface area (Å²) in [4.78, 5) is 23.5. The van der Waals surface area contributed by atoms with E-state index in [4.69, 9.17) is 16.3 Å². The van der Waals surface area contributed by atoms with E-state index in [-0.39, 0.29) is 33.1 Å². The molecular formula is C23H26ClN3O6S. The number of carbonyl (C=O) groups is 1. The first-order valence-electron chi connectivity index (χ1n) is 11.0. The Hall–Kier alpha value is -2.85. The standard InChI is InChI=1S/C23H26ClN3O6S/c1-14-3-7-18(12-20(14)27(29)30)34(31,32)26(21-11-17(24)6-8-22(21)33-2)13-23(28)25-19-10-15-4-5-16(19)9-15/h3,6-8,11-12,15-16,19H,4-5,9-10,13H2,1-2H3,(H,25,28)/t15-,16-,19-/m0/s1. The molecule has 0 spiro atoms. The molecule has 9 nitrogen and oxygen atoms in total. The summed E-state index contributed by atoms with van der Waals surface area (Å²) >= 11 is 6.15. The van der Waals surface area contributed by atoms with E-state index in [0.717, 1.165) is 29.6 Å². The van der Waals surface area contributed by atoms with Crippen LogP contribution in [0.2, 0.25) is 5.02 Å². The Bertz CT molecular complexity index is 1240. The number of amides is 1. The Labute approximate surface area is 203 Å². The molecule has 2 fully saturated rings. The number of benzene rings is 2. The van der Waals surface area contributed by atoms with Gasteiger partial charge in [0.2, 0.25) is 5.91 Å². The molecule has 0 saturated heterocycles. The molecule has 2 saturated carbocycles. The topological polar surface area (TPSA) is 119 Å². The van der Waals surface area contributed by atoms with Gasteiger partial charge in [-0.15, -0.1) is 0 Å². The van der Waals surface area contributed by atoms with Gasteiger partial charge in [0, 0.05) is 22.7 Å². The third-order valence-corrected chi connectivity index (χ3v) is 8.74. The second kappa shape index (κ2) is 9.42.